The van der Waals surface area contributed by atoms with Gasteiger partial charge in [0.25, 0.3) is 5.69 Å². The number of nitrogens with one attached hydrogen (secondary N) is 2. The summed E-state index contributed by atoms with van der Waals surface area (Å²) in [6.07, 6.45) is 0. The third-order valence-corrected chi connectivity index (χ3v) is 4.43. The molecule has 2 aromatic rings. The normalized spacial score (nSPS) is 13.7. The maximum atomic E-state index is 10.7. The van der Waals surface area contributed by atoms with Crippen LogP contribution in [0.4, 0.5) is 11.4 Å². The second-order valence-corrected chi connectivity index (χ2v) is 6.94. The summed E-state index contributed by atoms with van der Waals surface area (Å²) in [4.78, 5) is 10.3. The lowest BCUT2D eigenvalue weighted by Crippen LogP contribution is -2.35. The van der Waals surface area contributed by atoms with Crippen LogP contribution >= 0.6 is 12.2 Å². The number of ether oxygens (including phenoxy) is 2. The summed E-state index contributed by atoms with van der Waals surface area (Å²) in [6, 6.07) is 12.0. The van der Waals surface area contributed by atoms with E-state index in [4.69, 9.17) is 21.7 Å². The summed E-state index contributed by atoms with van der Waals surface area (Å²) in [5, 5.41) is 17.6. The van der Waals surface area contributed by atoms with Crippen molar-refractivity contribution >= 4 is 28.7 Å². The van der Waals surface area contributed by atoms with Crippen LogP contribution in [0.3, 0.4) is 0 Å². The van der Waals surface area contributed by atoms with Crippen molar-refractivity contribution in [2.24, 2.45) is 5.92 Å². The van der Waals surface area contributed by atoms with Crippen molar-refractivity contribution in [3.8, 4) is 11.5 Å². The van der Waals surface area contributed by atoms with Crippen molar-refractivity contribution in [1.82, 2.24) is 5.32 Å². The van der Waals surface area contributed by atoms with Gasteiger partial charge in [0.15, 0.2) is 16.6 Å². The van der Waals surface area contributed by atoms with E-state index in [-0.39, 0.29) is 17.6 Å². The number of nitrogens with zero attached hydrogens (tertiary/aromatic N) is 1. The number of nitro benzene ring substituents is 1. The first-order chi connectivity index (χ1) is 12.9. The highest BCUT2D eigenvalue weighted by atomic mass is 32.1. The van der Waals surface area contributed by atoms with Gasteiger partial charge in [0.05, 0.1) is 11.0 Å². The van der Waals surface area contributed by atoms with E-state index in [0.29, 0.717) is 24.0 Å². The number of thiocarbonyl (C=S) groups is 1. The average Bonchev–Trinajstić information content (AvgIpc) is 2.66. The molecule has 0 saturated carbocycles. The fourth-order valence-corrected chi connectivity index (χ4v) is 3.11. The molecule has 7 nitrogen and oxygen atoms in total. The molecular weight excluding hydrogens is 366 g/mol. The number of fused-ring (bicyclic) bond motifs is 1. The molecule has 2 aromatic carbocycles. The van der Waals surface area contributed by atoms with Crippen molar-refractivity contribution in [1.29, 1.82) is 0 Å². The van der Waals surface area contributed by atoms with E-state index in [1.54, 1.807) is 12.1 Å². The molecule has 0 fully saturated rings. The van der Waals surface area contributed by atoms with Crippen LogP contribution in [0.15, 0.2) is 42.5 Å². The van der Waals surface area contributed by atoms with Gasteiger partial charge in [-0.3, -0.25) is 10.1 Å². The highest BCUT2D eigenvalue weighted by molar-refractivity contribution is 7.80. The predicted octanol–water partition coefficient (Wildman–Crippen LogP) is 4.05. The molecule has 0 aliphatic carbocycles. The maximum Gasteiger partial charge on any atom is 0.269 e. The summed E-state index contributed by atoms with van der Waals surface area (Å²) in [6.45, 7) is 5.30. The van der Waals surface area contributed by atoms with Crippen LogP contribution in [-0.2, 0) is 0 Å². The molecule has 1 aliphatic heterocycles. The summed E-state index contributed by atoms with van der Waals surface area (Å²) in [5.74, 6) is 1.75. The Labute approximate surface area is 162 Å². The van der Waals surface area contributed by atoms with Crippen molar-refractivity contribution in [2.45, 2.75) is 19.9 Å². The summed E-state index contributed by atoms with van der Waals surface area (Å²) >= 11 is 5.42. The molecule has 8 heteroatoms. The van der Waals surface area contributed by atoms with Crippen molar-refractivity contribution < 1.29 is 14.4 Å². The fourth-order valence-electron chi connectivity index (χ4n) is 2.86. The lowest BCUT2D eigenvalue weighted by Gasteiger charge is -2.26. The number of nitro groups is 1. The van der Waals surface area contributed by atoms with E-state index in [1.165, 1.54) is 12.1 Å². The van der Waals surface area contributed by atoms with Gasteiger partial charge in [-0.05, 0) is 48.0 Å². The lowest BCUT2D eigenvalue weighted by molar-refractivity contribution is -0.384. The lowest BCUT2D eigenvalue weighted by atomic mass is 9.95. The zero-order valence-electron chi connectivity index (χ0n) is 15.1. The Morgan fingerprint density at radius 3 is 2.41 bits per heavy atom. The smallest absolute Gasteiger partial charge is 0.269 e. The van der Waals surface area contributed by atoms with Gasteiger partial charge in [-0.25, -0.2) is 0 Å². The van der Waals surface area contributed by atoms with Crippen LogP contribution in [-0.4, -0.2) is 23.2 Å². The van der Waals surface area contributed by atoms with Gasteiger partial charge in [-0.2, -0.15) is 0 Å². The van der Waals surface area contributed by atoms with Crippen LogP contribution < -0.4 is 20.1 Å². The van der Waals surface area contributed by atoms with Crippen LogP contribution in [0.5, 0.6) is 11.5 Å². The summed E-state index contributed by atoms with van der Waals surface area (Å²) in [5.41, 5.74) is 1.76. The standard InChI is InChI=1S/C19H21N3O4S/c1-12(2)18(13-3-8-16-17(11-13)26-10-9-25-16)21-19(27)20-14-4-6-15(7-5-14)22(23)24/h3-8,11-12,18H,9-10H2,1-2H3,(H2,20,21,27)/t18-/m1/s1. The van der Waals surface area contributed by atoms with E-state index >= 15 is 0 Å². The number of hydrogen-bond donors (Lipinski definition) is 2. The first-order valence-corrected chi connectivity index (χ1v) is 9.06. The molecule has 1 aliphatic rings. The number of benzene rings is 2. The minimum Gasteiger partial charge on any atom is -0.486 e. The first kappa shape index (κ1) is 18.9. The van der Waals surface area contributed by atoms with Gasteiger partial charge in [0.1, 0.15) is 13.2 Å². The zero-order valence-corrected chi connectivity index (χ0v) is 15.9. The Kier molecular flexibility index (Phi) is 5.75. The molecule has 2 N–H and O–H groups in total. The largest absolute Gasteiger partial charge is 0.486 e. The molecule has 27 heavy (non-hydrogen) atoms. The van der Waals surface area contributed by atoms with E-state index in [0.717, 1.165) is 17.1 Å². The monoisotopic (exact) mass is 387 g/mol. The van der Waals surface area contributed by atoms with Crippen molar-refractivity contribution in [2.75, 3.05) is 18.5 Å². The van der Waals surface area contributed by atoms with Crippen molar-refractivity contribution in [3.05, 3.63) is 58.1 Å². The molecule has 1 heterocycles. The molecule has 142 valence electrons. The molecule has 1 atom stereocenters. The minimum absolute atomic E-state index is 0.0288. The molecule has 0 radical (unpaired) electrons. The fraction of sp³-hybridized carbons (Fsp3) is 0.316. The second-order valence-electron chi connectivity index (χ2n) is 6.53. The Hall–Kier alpha value is -2.87. The highest BCUT2D eigenvalue weighted by Gasteiger charge is 2.20. The second kappa shape index (κ2) is 8.22. The maximum absolute atomic E-state index is 10.7. The van der Waals surface area contributed by atoms with Gasteiger partial charge in [0.2, 0.25) is 0 Å². The molecule has 0 aromatic heterocycles. The third kappa shape index (κ3) is 4.65. The number of rotatable bonds is 5. The Morgan fingerprint density at radius 2 is 1.78 bits per heavy atom. The third-order valence-electron chi connectivity index (χ3n) is 4.21. The minimum atomic E-state index is -0.434. The molecular formula is C19H21N3O4S. The van der Waals surface area contributed by atoms with E-state index < -0.39 is 4.92 Å². The topological polar surface area (TPSA) is 85.7 Å². The molecule has 3 rings (SSSR count). The Morgan fingerprint density at radius 1 is 1.11 bits per heavy atom. The summed E-state index contributed by atoms with van der Waals surface area (Å²) in [7, 11) is 0. The summed E-state index contributed by atoms with van der Waals surface area (Å²) < 4.78 is 11.2. The van der Waals surface area contributed by atoms with Crippen LogP contribution in [0, 0.1) is 16.0 Å². The van der Waals surface area contributed by atoms with E-state index in [2.05, 4.69) is 24.5 Å². The first-order valence-electron chi connectivity index (χ1n) is 8.65. The molecule has 0 saturated heterocycles. The van der Waals surface area contributed by atoms with E-state index in [9.17, 15) is 10.1 Å². The number of hydrogen-bond acceptors (Lipinski definition) is 5. The van der Waals surface area contributed by atoms with Gasteiger partial charge in [-0.1, -0.05) is 19.9 Å². The number of non-ortho nitro benzene ring substituents is 1. The zero-order chi connectivity index (χ0) is 19.4. The molecule has 0 bridgehead atoms. The van der Waals surface area contributed by atoms with Gasteiger partial charge < -0.3 is 20.1 Å². The molecule has 0 amide bonds. The number of anilines is 1. The Bertz CT molecular complexity index is 839. The Balaban J connectivity index is 1.70. The van der Waals surface area contributed by atoms with Gasteiger partial charge in [0, 0.05) is 17.8 Å². The van der Waals surface area contributed by atoms with Gasteiger partial charge >= 0.3 is 0 Å². The molecule has 0 unspecified atom stereocenters. The highest BCUT2D eigenvalue weighted by Crippen LogP contribution is 2.34. The quantitative estimate of drug-likeness (QED) is 0.455. The van der Waals surface area contributed by atoms with E-state index in [1.807, 2.05) is 18.2 Å². The predicted molar refractivity (Wildman–Crippen MR) is 107 cm³/mol. The molecule has 0 spiro atoms. The average molecular weight is 387 g/mol. The van der Waals surface area contributed by atoms with Crippen LogP contribution in [0.25, 0.3) is 0 Å². The SMILES string of the molecule is CC(C)[C@@H](NC(=S)Nc1ccc([N+](=O)[O-])cc1)c1ccc2c(c1)OCCO2. The van der Waals surface area contributed by atoms with Crippen LogP contribution in [0.2, 0.25) is 0 Å². The van der Waals surface area contributed by atoms with Crippen LogP contribution in [0.1, 0.15) is 25.5 Å². The van der Waals surface area contributed by atoms with Gasteiger partial charge in [-0.15, -0.1) is 0 Å². The van der Waals surface area contributed by atoms with Crippen molar-refractivity contribution in [3.63, 3.8) is 0 Å².